The van der Waals surface area contributed by atoms with Gasteiger partial charge in [-0.25, -0.2) is 0 Å². The third kappa shape index (κ3) is 2.95. The van der Waals surface area contributed by atoms with Gasteiger partial charge in [-0.3, -0.25) is 0 Å². The third-order valence-corrected chi connectivity index (χ3v) is 3.55. The van der Waals surface area contributed by atoms with E-state index in [9.17, 15) is 0 Å². The third-order valence-electron chi connectivity index (χ3n) is 2.42. The lowest BCUT2D eigenvalue weighted by Crippen LogP contribution is -2.38. The Labute approximate surface area is 94.2 Å². The molecule has 0 amide bonds. The fourth-order valence-electron chi connectivity index (χ4n) is 1.55. The molecule has 1 aliphatic rings. The Hall–Kier alpha value is -0.550. The molecule has 1 fully saturated rings. The maximum Gasteiger partial charge on any atom is 0.228 e. The summed E-state index contributed by atoms with van der Waals surface area (Å²) in [6, 6.07) is 0.490. The predicted octanol–water partition coefficient (Wildman–Crippen LogP) is 1.44. The Balaban J connectivity index is 1.91. The zero-order valence-corrected chi connectivity index (χ0v) is 10.0. The number of thioether (sulfide) groups is 1. The highest BCUT2D eigenvalue weighted by Crippen LogP contribution is 2.14. The van der Waals surface area contributed by atoms with E-state index in [2.05, 4.69) is 29.3 Å². The molecular formula is C10H17N3OS. The largest absolute Gasteiger partial charge is 0.339 e. The van der Waals surface area contributed by atoms with Crippen molar-refractivity contribution in [1.29, 1.82) is 0 Å². The van der Waals surface area contributed by atoms with E-state index in [1.165, 1.54) is 5.75 Å². The van der Waals surface area contributed by atoms with E-state index < -0.39 is 0 Å². The topological polar surface area (TPSA) is 51.0 Å². The van der Waals surface area contributed by atoms with Gasteiger partial charge in [0.1, 0.15) is 0 Å². The second-order valence-corrected chi connectivity index (χ2v) is 5.28. The fourth-order valence-corrected chi connectivity index (χ4v) is 2.50. The van der Waals surface area contributed by atoms with Crippen molar-refractivity contribution in [2.75, 3.05) is 18.1 Å². The van der Waals surface area contributed by atoms with Gasteiger partial charge < -0.3 is 9.84 Å². The molecule has 5 heteroatoms. The minimum Gasteiger partial charge on any atom is -0.339 e. The molecule has 0 radical (unpaired) electrons. The van der Waals surface area contributed by atoms with Gasteiger partial charge in [0, 0.05) is 36.4 Å². The van der Waals surface area contributed by atoms with Crippen LogP contribution in [0.25, 0.3) is 0 Å². The van der Waals surface area contributed by atoms with Gasteiger partial charge in [0.25, 0.3) is 0 Å². The van der Waals surface area contributed by atoms with Gasteiger partial charge in [0.15, 0.2) is 5.82 Å². The molecular weight excluding hydrogens is 210 g/mol. The van der Waals surface area contributed by atoms with E-state index in [-0.39, 0.29) is 0 Å². The van der Waals surface area contributed by atoms with Gasteiger partial charge in [0.2, 0.25) is 5.89 Å². The molecule has 84 valence electrons. The summed E-state index contributed by atoms with van der Waals surface area (Å²) in [5, 5.41) is 7.42. The molecule has 0 aliphatic carbocycles. The molecule has 2 heterocycles. The molecule has 1 atom stereocenters. The SMILES string of the molecule is CC(C)c1noc(CC2CSCCN2)n1. The standard InChI is InChI=1S/C10H17N3OS/c1-7(2)10-12-9(14-13-10)5-8-6-15-4-3-11-8/h7-8,11H,3-6H2,1-2H3. The summed E-state index contributed by atoms with van der Waals surface area (Å²) in [5.74, 6) is 4.26. The van der Waals surface area contributed by atoms with Gasteiger partial charge in [-0.1, -0.05) is 19.0 Å². The van der Waals surface area contributed by atoms with Crippen LogP contribution in [0.5, 0.6) is 0 Å². The normalized spacial score (nSPS) is 22.2. The van der Waals surface area contributed by atoms with Crippen LogP contribution >= 0.6 is 11.8 Å². The molecule has 1 aromatic rings. The first-order valence-corrected chi connectivity index (χ1v) is 6.55. The van der Waals surface area contributed by atoms with Crippen LogP contribution in [0.1, 0.15) is 31.5 Å². The van der Waals surface area contributed by atoms with Crippen LogP contribution in [-0.2, 0) is 6.42 Å². The van der Waals surface area contributed by atoms with Crippen molar-refractivity contribution in [1.82, 2.24) is 15.5 Å². The smallest absolute Gasteiger partial charge is 0.228 e. The average Bonchev–Trinajstić information content (AvgIpc) is 2.68. The van der Waals surface area contributed by atoms with Crippen molar-refractivity contribution in [3.63, 3.8) is 0 Å². The molecule has 0 saturated carbocycles. The van der Waals surface area contributed by atoms with Crippen molar-refractivity contribution in [3.8, 4) is 0 Å². The van der Waals surface area contributed by atoms with E-state index in [0.29, 0.717) is 12.0 Å². The number of aromatic nitrogens is 2. The quantitative estimate of drug-likeness (QED) is 0.847. The van der Waals surface area contributed by atoms with E-state index in [4.69, 9.17) is 4.52 Å². The summed E-state index contributed by atoms with van der Waals surface area (Å²) in [5.41, 5.74) is 0. The molecule has 0 bridgehead atoms. The second kappa shape index (κ2) is 4.99. The summed E-state index contributed by atoms with van der Waals surface area (Å²) in [7, 11) is 0. The predicted molar refractivity (Wildman–Crippen MR) is 61.2 cm³/mol. The van der Waals surface area contributed by atoms with Crippen LogP contribution in [0.15, 0.2) is 4.52 Å². The summed E-state index contributed by atoms with van der Waals surface area (Å²) in [4.78, 5) is 4.38. The number of hydrogen-bond acceptors (Lipinski definition) is 5. The number of nitrogens with one attached hydrogen (secondary N) is 1. The summed E-state index contributed by atoms with van der Waals surface area (Å²) in [6.45, 7) is 5.23. The molecule has 4 nitrogen and oxygen atoms in total. The fraction of sp³-hybridized carbons (Fsp3) is 0.800. The van der Waals surface area contributed by atoms with Crippen molar-refractivity contribution in [2.45, 2.75) is 32.2 Å². The maximum atomic E-state index is 5.22. The van der Waals surface area contributed by atoms with E-state index in [1.54, 1.807) is 0 Å². The van der Waals surface area contributed by atoms with E-state index in [0.717, 1.165) is 30.4 Å². The van der Waals surface area contributed by atoms with E-state index in [1.807, 2.05) is 11.8 Å². The Morgan fingerprint density at radius 2 is 2.47 bits per heavy atom. The Kier molecular flexibility index (Phi) is 3.64. The van der Waals surface area contributed by atoms with Crippen LogP contribution < -0.4 is 5.32 Å². The van der Waals surface area contributed by atoms with Crippen LogP contribution in [0, 0.1) is 0 Å². The zero-order valence-electron chi connectivity index (χ0n) is 9.19. The van der Waals surface area contributed by atoms with Crippen LogP contribution in [0.2, 0.25) is 0 Å². The average molecular weight is 227 g/mol. The maximum absolute atomic E-state index is 5.22. The monoisotopic (exact) mass is 227 g/mol. The Morgan fingerprint density at radius 1 is 1.60 bits per heavy atom. The van der Waals surface area contributed by atoms with Crippen LogP contribution in [0.3, 0.4) is 0 Å². The van der Waals surface area contributed by atoms with Crippen molar-refractivity contribution in [2.24, 2.45) is 0 Å². The van der Waals surface area contributed by atoms with Crippen molar-refractivity contribution >= 4 is 11.8 Å². The molecule has 1 unspecified atom stereocenters. The second-order valence-electron chi connectivity index (χ2n) is 4.13. The van der Waals surface area contributed by atoms with Gasteiger partial charge in [0.05, 0.1) is 0 Å². The van der Waals surface area contributed by atoms with Crippen LogP contribution in [-0.4, -0.2) is 34.2 Å². The molecule has 1 saturated heterocycles. The highest BCUT2D eigenvalue weighted by Gasteiger charge is 2.17. The summed E-state index contributed by atoms with van der Waals surface area (Å²) < 4.78 is 5.22. The molecule has 0 aromatic carbocycles. The lowest BCUT2D eigenvalue weighted by atomic mass is 10.2. The van der Waals surface area contributed by atoms with Crippen molar-refractivity contribution in [3.05, 3.63) is 11.7 Å². The highest BCUT2D eigenvalue weighted by molar-refractivity contribution is 7.99. The van der Waals surface area contributed by atoms with Crippen LogP contribution in [0.4, 0.5) is 0 Å². The molecule has 1 aromatic heterocycles. The number of hydrogen-bond donors (Lipinski definition) is 1. The minimum atomic E-state index is 0.344. The lowest BCUT2D eigenvalue weighted by molar-refractivity contribution is 0.357. The molecule has 1 N–H and O–H groups in total. The lowest BCUT2D eigenvalue weighted by Gasteiger charge is -2.21. The first-order valence-electron chi connectivity index (χ1n) is 5.39. The first kappa shape index (κ1) is 11.0. The minimum absolute atomic E-state index is 0.344. The molecule has 2 rings (SSSR count). The van der Waals surface area contributed by atoms with Gasteiger partial charge >= 0.3 is 0 Å². The van der Waals surface area contributed by atoms with Crippen molar-refractivity contribution < 1.29 is 4.52 Å². The Morgan fingerprint density at radius 3 is 3.07 bits per heavy atom. The van der Waals surface area contributed by atoms with E-state index >= 15 is 0 Å². The summed E-state index contributed by atoms with van der Waals surface area (Å²) >= 11 is 1.98. The zero-order chi connectivity index (χ0) is 10.7. The first-order chi connectivity index (χ1) is 7.25. The highest BCUT2D eigenvalue weighted by atomic mass is 32.2. The Bertz CT molecular complexity index is 307. The molecule has 15 heavy (non-hydrogen) atoms. The van der Waals surface area contributed by atoms with Gasteiger partial charge in [-0.2, -0.15) is 16.7 Å². The number of nitrogens with zero attached hydrogens (tertiary/aromatic N) is 2. The summed E-state index contributed by atoms with van der Waals surface area (Å²) in [6.07, 6.45) is 0.854. The number of rotatable bonds is 3. The molecule has 0 spiro atoms. The van der Waals surface area contributed by atoms with Gasteiger partial charge in [-0.05, 0) is 0 Å². The molecule has 1 aliphatic heterocycles. The van der Waals surface area contributed by atoms with Gasteiger partial charge in [-0.15, -0.1) is 0 Å².